The van der Waals surface area contributed by atoms with Gasteiger partial charge in [-0.05, 0) is 26.3 Å². The van der Waals surface area contributed by atoms with E-state index in [1.54, 1.807) is 11.3 Å². The van der Waals surface area contributed by atoms with E-state index in [2.05, 4.69) is 43.0 Å². The van der Waals surface area contributed by atoms with Crippen molar-refractivity contribution in [2.24, 2.45) is 0 Å². The van der Waals surface area contributed by atoms with Crippen molar-refractivity contribution in [2.75, 3.05) is 25.0 Å². The van der Waals surface area contributed by atoms with Crippen molar-refractivity contribution < 1.29 is 0 Å². The van der Waals surface area contributed by atoms with E-state index in [1.165, 1.54) is 24.1 Å². The molecule has 0 saturated carbocycles. The zero-order valence-corrected chi connectivity index (χ0v) is 12.3. The Bertz CT molecular complexity index is 283. The van der Waals surface area contributed by atoms with Crippen LogP contribution in [0.2, 0.25) is 0 Å². The lowest BCUT2D eigenvalue weighted by molar-refractivity contribution is 0.577. The van der Waals surface area contributed by atoms with Gasteiger partial charge in [-0.1, -0.05) is 20.3 Å². The highest BCUT2D eigenvalue weighted by Crippen LogP contribution is 2.26. The average Bonchev–Trinajstić information content (AvgIpc) is 2.82. The highest BCUT2D eigenvalue weighted by molar-refractivity contribution is 7.15. The van der Waals surface area contributed by atoms with E-state index in [0.29, 0.717) is 6.04 Å². The Morgan fingerprint density at radius 2 is 2.18 bits per heavy atom. The summed E-state index contributed by atoms with van der Waals surface area (Å²) in [5.41, 5.74) is 0. The molecule has 1 N–H and O–H groups in total. The Balaban J connectivity index is 2.51. The van der Waals surface area contributed by atoms with Crippen LogP contribution in [0.5, 0.6) is 0 Å². The molecule has 17 heavy (non-hydrogen) atoms. The van der Waals surface area contributed by atoms with Crippen molar-refractivity contribution in [3.8, 4) is 0 Å². The normalized spacial score (nSPS) is 12.7. The number of nitrogens with one attached hydrogen (secondary N) is 1. The van der Waals surface area contributed by atoms with E-state index in [9.17, 15) is 0 Å². The highest BCUT2D eigenvalue weighted by Gasteiger charge is 2.11. The number of unbranched alkanes of at least 4 members (excludes halogenated alkanes) is 1. The largest absolute Gasteiger partial charge is 0.351 e. The molecule has 1 aromatic heterocycles. The summed E-state index contributed by atoms with van der Waals surface area (Å²) in [6.07, 6.45) is 5.65. The molecule has 0 radical (unpaired) electrons. The minimum atomic E-state index is 0.417. The quantitative estimate of drug-likeness (QED) is 0.771. The fourth-order valence-corrected chi connectivity index (χ4v) is 2.53. The van der Waals surface area contributed by atoms with Gasteiger partial charge in [0.25, 0.3) is 0 Å². The molecule has 0 spiro atoms. The lowest BCUT2D eigenvalue weighted by Crippen LogP contribution is -2.18. The number of rotatable bonds is 8. The number of nitrogens with zero attached hydrogens (tertiary/aromatic N) is 2. The predicted octanol–water partition coefficient (Wildman–Crippen LogP) is 3.44. The number of aromatic nitrogens is 1. The van der Waals surface area contributed by atoms with E-state index in [4.69, 9.17) is 0 Å². The van der Waals surface area contributed by atoms with Crippen LogP contribution in [0.25, 0.3) is 0 Å². The van der Waals surface area contributed by atoms with Gasteiger partial charge in [-0.15, -0.1) is 11.3 Å². The van der Waals surface area contributed by atoms with E-state index in [-0.39, 0.29) is 0 Å². The van der Waals surface area contributed by atoms with Crippen LogP contribution in [0.3, 0.4) is 0 Å². The molecule has 3 nitrogen and oxygen atoms in total. The van der Waals surface area contributed by atoms with Gasteiger partial charge in [-0.3, -0.25) is 0 Å². The van der Waals surface area contributed by atoms with Crippen LogP contribution >= 0.6 is 11.3 Å². The number of thiazole rings is 1. The third-order valence-corrected chi connectivity index (χ3v) is 4.11. The van der Waals surface area contributed by atoms with Crippen LogP contribution in [-0.2, 0) is 0 Å². The van der Waals surface area contributed by atoms with E-state index >= 15 is 0 Å². The molecule has 98 valence electrons. The third kappa shape index (κ3) is 4.64. The van der Waals surface area contributed by atoms with E-state index in [1.807, 2.05) is 6.20 Å². The molecule has 0 amide bonds. The second kappa shape index (κ2) is 7.67. The molecule has 1 aromatic rings. The Morgan fingerprint density at radius 3 is 2.82 bits per heavy atom. The lowest BCUT2D eigenvalue weighted by atomic mass is 10.3. The summed E-state index contributed by atoms with van der Waals surface area (Å²) in [7, 11) is 2.13. The zero-order valence-electron chi connectivity index (χ0n) is 11.5. The second-order valence-corrected chi connectivity index (χ2v) is 5.54. The second-order valence-electron chi connectivity index (χ2n) is 4.50. The molecular formula is C13H25N3S. The maximum absolute atomic E-state index is 4.50. The number of anilines is 1. The maximum atomic E-state index is 4.50. The van der Waals surface area contributed by atoms with Crippen LogP contribution in [0.1, 0.15) is 51.0 Å². The fraction of sp³-hybridized carbons (Fsp3) is 0.769. The molecule has 4 heteroatoms. The zero-order chi connectivity index (χ0) is 12.7. The van der Waals surface area contributed by atoms with Crippen LogP contribution in [0.4, 0.5) is 5.13 Å². The lowest BCUT2D eigenvalue weighted by Gasteiger charge is -2.15. The van der Waals surface area contributed by atoms with Crippen LogP contribution in [0.15, 0.2) is 6.20 Å². The van der Waals surface area contributed by atoms with Crippen LogP contribution in [-0.4, -0.2) is 25.1 Å². The van der Waals surface area contributed by atoms with E-state index in [0.717, 1.165) is 18.2 Å². The Labute approximate surface area is 109 Å². The van der Waals surface area contributed by atoms with Crippen molar-refractivity contribution in [1.29, 1.82) is 0 Å². The van der Waals surface area contributed by atoms with Crippen molar-refractivity contribution >= 4 is 16.5 Å². The van der Waals surface area contributed by atoms with Gasteiger partial charge < -0.3 is 10.2 Å². The van der Waals surface area contributed by atoms with Gasteiger partial charge in [0.15, 0.2) is 5.13 Å². The molecule has 1 rings (SSSR count). The summed E-state index contributed by atoms with van der Waals surface area (Å²) < 4.78 is 0. The topological polar surface area (TPSA) is 28.2 Å². The van der Waals surface area contributed by atoms with Gasteiger partial charge in [0, 0.05) is 30.7 Å². The molecule has 0 fully saturated rings. The maximum Gasteiger partial charge on any atom is 0.185 e. The minimum Gasteiger partial charge on any atom is -0.351 e. The fourth-order valence-electron chi connectivity index (χ4n) is 1.61. The first-order valence-corrected chi connectivity index (χ1v) is 7.40. The molecule has 1 atom stereocenters. The van der Waals surface area contributed by atoms with Crippen LogP contribution < -0.4 is 10.2 Å². The third-order valence-electron chi connectivity index (χ3n) is 2.81. The molecule has 0 aliphatic heterocycles. The molecule has 0 saturated heterocycles. The average molecular weight is 255 g/mol. The van der Waals surface area contributed by atoms with Crippen molar-refractivity contribution in [3.05, 3.63) is 11.1 Å². The van der Waals surface area contributed by atoms with Gasteiger partial charge in [0.1, 0.15) is 0 Å². The number of hydrogen-bond acceptors (Lipinski definition) is 4. The Kier molecular flexibility index (Phi) is 6.52. The van der Waals surface area contributed by atoms with Gasteiger partial charge in [-0.2, -0.15) is 0 Å². The molecule has 1 heterocycles. The summed E-state index contributed by atoms with van der Waals surface area (Å²) >= 11 is 1.80. The highest BCUT2D eigenvalue weighted by atomic mass is 32.1. The van der Waals surface area contributed by atoms with Gasteiger partial charge in [-0.25, -0.2) is 4.98 Å². The Hall–Kier alpha value is -0.610. The molecule has 0 aromatic carbocycles. The number of hydrogen-bond donors (Lipinski definition) is 1. The van der Waals surface area contributed by atoms with Gasteiger partial charge >= 0.3 is 0 Å². The van der Waals surface area contributed by atoms with E-state index < -0.39 is 0 Å². The predicted molar refractivity (Wildman–Crippen MR) is 77.0 cm³/mol. The molecule has 0 aliphatic rings. The molecule has 1 unspecified atom stereocenters. The first-order chi connectivity index (χ1) is 8.19. The first-order valence-electron chi connectivity index (χ1n) is 6.59. The smallest absolute Gasteiger partial charge is 0.185 e. The van der Waals surface area contributed by atoms with Gasteiger partial charge in [0.05, 0.1) is 0 Å². The molecule has 0 aliphatic carbocycles. The summed E-state index contributed by atoms with van der Waals surface area (Å²) in [4.78, 5) is 8.09. The van der Waals surface area contributed by atoms with Crippen molar-refractivity contribution in [2.45, 2.75) is 46.1 Å². The summed E-state index contributed by atoms with van der Waals surface area (Å²) in [5, 5.41) is 4.63. The molecular weight excluding hydrogens is 230 g/mol. The van der Waals surface area contributed by atoms with Crippen LogP contribution in [0, 0.1) is 0 Å². The summed E-state index contributed by atoms with van der Waals surface area (Å²) in [5.74, 6) is 0. The Morgan fingerprint density at radius 1 is 1.41 bits per heavy atom. The summed E-state index contributed by atoms with van der Waals surface area (Å²) in [6, 6.07) is 0.417. The minimum absolute atomic E-state index is 0.417. The van der Waals surface area contributed by atoms with Gasteiger partial charge in [0.2, 0.25) is 0 Å². The molecule has 0 bridgehead atoms. The van der Waals surface area contributed by atoms with Crippen molar-refractivity contribution in [3.63, 3.8) is 0 Å². The monoisotopic (exact) mass is 255 g/mol. The first kappa shape index (κ1) is 14.5. The van der Waals surface area contributed by atoms with Crippen molar-refractivity contribution in [1.82, 2.24) is 10.3 Å². The summed E-state index contributed by atoms with van der Waals surface area (Å²) in [6.45, 7) is 8.79. The SMILES string of the molecule is CCCCN(C)c1ncc(C(C)NCCC)s1. The standard InChI is InChI=1S/C13H25N3S/c1-5-7-9-16(4)13-15-10-12(17-13)11(3)14-8-6-2/h10-11,14H,5-9H2,1-4H3.